The van der Waals surface area contributed by atoms with Gasteiger partial charge in [0.1, 0.15) is 17.5 Å². The summed E-state index contributed by atoms with van der Waals surface area (Å²) in [6, 6.07) is 22.9. The van der Waals surface area contributed by atoms with E-state index in [0.717, 1.165) is 42.3 Å². The maximum absolute atomic E-state index is 14.0. The van der Waals surface area contributed by atoms with Crippen LogP contribution in [0.3, 0.4) is 0 Å². The molecule has 49 heavy (non-hydrogen) atoms. The first-order valence-electron chi connectivity index (χ1n) is 14.7. The molecule has 0 aliphatic rings. The zero-order chi connectivity index (χ0) is 35.2. The Morgan fingerprint density at radius 2 is 1.33 bits per heavy atom. The van der Waals surface area contributed by atoms with Gasteiger partial charge in [-0.05, 0) is 52.6 Å². The average molecular weight is 686 g/mol. The Morgan fingerprint density at radius 1 is 0.755 bits per heavy atom. The highest BCUT2D eigenvalue weighted by molar-refractivity contribution is 5.87. The lowest BCUT2D eigenvalue weighted by molar-refractivity contribution is -0.275. The molecule has 0 bridgehead atoms. The van der Waals surface area contributed by atoms with Gasteiger partial charge in [-0.3, -0.25) is 0 Å². The number of methoxy groups -OCH3 is 1. The molecule has 256 valence electrons. The first-order valence-corrected chi connectivity index (χ1v) is 14.7. The van der Waals surface area contributed by atoms with E-state index in [1.54, 1.807) is 42.6 Å². The SMILES string of the molecule is COC(=O)C(Cc1c[nH]c2ccccc12)NC(=O)NC(Cc1ccccc1)(c1cccc(OC(F)(F)F)c1)c1cccc(OC(F)(F)F)c1. The van der Waals surface area contributed by atoms with Crippen molar-refractivity contribution in [1.29, 1.82) is 0 Å². The number of nitrogens with one attached hydrogen (secondary N) is 3. The van der Waals surface area contributed by atoms with Crippen LogP contribution < -0.4 is 20.1 Å². The van der Waals surface area contributed by atoms with Gasteiger partial charge in [0, 0.05) is 29.9 Å². The molecule has 1 heterocycles. The standard InChI is InChI=1S/C35H29F6N3O5/c1-47-31(45)30(17-23-21-42-29-16-6-5-15-28(23)29)43-32(46)44-33(20-22-9-3-2-4-10-22,24-11-7-13-26(18-24)48-34(36,37)38)25-12-8-14-27(19-25)49-35(39,40)41/h2-16,18-19,21,30,42H,17,20H2,1H3,(H2,43,44,46). The Kier molecular flexibility index (Phi) is 10.1. The normalized spacial score (nSPS) is 12.6. The van der Waals surface area contributed by atoms with Crippen LogP contribution in [0.25, 0.3) is 10.9 Å². The molecule has 5 aromatic rings. The Hall–Kier alpha value is -5.66. The van der Waals surface area contributed by atoms with Crippen LogP contribution in [0.15, 0.2) is 109 Å². The highest BCUT2D eigenvalue weighted by atomic mass is 19.4. The molecule has 0 aliphatic carbocycles. The number of para-hydroxylation sites is 1. The van der Waals surface area contributed by atoms with Gasteiger partial charge in [0.25, 0.3) is 0 Å². The van der Waals surface area contributed by atoms with Gasteiger partial charge < -0.3 is 29.8 Å². The van der Waals surface area contributed by atoms with Crippen molar-refractivity contribution >= 4 is 22.9 Å². The lowest BCUT2D eigenvalue weighted by atomic mass is 9.77. The number of benzene rings is 4. The lowest BCUT2D eigenvalue weighted by Gasteiger charge is -2.37. The molecule has 0 fully saturated rings. The van der Waals surface area contributed by atoms with E-state index in [1.807, 2.05) is 18.2 Å². The number of urea groups is 1. The van der Waals surface area contributed by atoms with E-state index in [1.165, 1.54) is 24.3 Å². The highest BCUT2D eigenvalue weighted by Crippen LogP contribution is 2.38. The van der Waals surface area contributed by atoms with Gasteiger partial charge in [0.05, 0.1) is 12.6 Å². The summed E-state index contributed by atoms with van der Waals surface area (Å²) in [5, 5.41) is 6.17. The number of halogens is 6. The van der Waals surface area contributed by atoms with Crippen LogP contribution >= 0.6 is 0 Å². The fourth-order valence-electron chi connectivity index (χ4n) is 5.62. The zero-order valence-electron chi connectivity index (χ0n) is 25.7. The lowest BCUT2D eigenvalue weighted by Crippen LogP contribution is -2.55. The molecule has 4 aromatic carbocycles. The molecule has 14 heteroatoms. The molecule has 5 rings (SSSR count). The molecule has 0 saturated carbocycles. The van der Waals surface area contributed by atoms with Crippen LogP contribution in [0.5, 0.6) is 11.5 Å². The monoisotopic (exact) mass is 685 g/mol. The smallest absolute Gasteiger partial charge is 0.467 e. The van der Waals surface area contributed by atoms with E-state index in [9.17, 15) is 35.9 Å². The molecule has 1 aromatic heterocycles. The van der Waals surface area contributed by atoms with Gasteiger partial charge >= 0.3 is 24.7 Å². The Balaban J connectivity index is 1.61. The number of carbonyl (C=O) groups is 2. The molecule has 2 amide bonds. The van der Waals surface area contributed by atoms with Crippen molar-refractivity contribution in [2.24, 2.45) is 0 Å². The van der Waals surface area contributed by atoms with Crippen LogP contribution in [-0.4, -0.2) is 42.9 Å². The summed E-state index contributed by atoms with van der Waals surface area (Å²) in [5.41, 5.74) is 0.191. The fourth-order valence-corrected chi connectivity index (χ4v) is 5.62. The molecule has 0 saturated heterocycles. The van der Waals surface area contributed by atoms with Crippen LogP contribution in [0.2, 0.25) is 0 Å². The van der Waals surface area contributed by atoms with Gasteiger partial charge in [-0.15, -0.1) is 26.3 Å². The number of hydrogen-bond acceptors (Lipinski definition) is 5. The van der Waals surface area contributed by atoms with Gasteiger partial charge in [-0.2, -0.15) is 0 Å². The van der Waals surface area contributed by atoms with Gasteiger partial charge in [-0.25, -0.2) is 9.59 Å². The molecule has 0 aliphatic heterocycles. The van der Waals surface area contributed by atoms with Gasteiger partial charge in [0.15, 0.2) is 0 Å². The topological polar surface area (TPSA) is 102 Å². The predicted molar refractivity (Wildman–Crippen MR) is 167 cm³/mol. The summed E-state index contributed by atoms with van der Waals surface area (Å²) >= 11 is 0. The summed E-state index contributed by atoms with van der Waals surface area (Å²) in [7, 11) is 1.14. The fraction of sp³-hybridized carbons (Fsp3) is 0.200. The summed E-state index contributed by atoms with van der Waals surface area (Å²) in [6.45, 7) is 0. The van der Waals surface area contributed by atoms with Crippen molar-refractivity contribution in [3.05, 3.63) is 132 Å². The minimum Gasteiger partial charge on any atom is -0.467 e. The van der Waals surface area contributed by atoms with E-state index < -0.39 is 47.8 Å². The first-order chi connectivity index (χ1) is 23.2. The van der Waals surface area contributed by atoms with Crippen molar-refractivity contribution in [3.63, 3.8) is 0 Å². The van der Waals surface area contributed by atoms with E-state index >= 15 is 0 Å². The average Bonchev–Trinajstić information content (AvgIpc) is 3.45. The number of fused-ring (bicyclic) bond motifs is 1. The summed E-state index contributed by atoms with van der Waals surface area (Å²) in [6.07, 6.45) is -8.64. The Labute approximate surface area is 276 Å². The van der Waals surface area contributed by atoms with Crippen molar-refractivity contribution in [3.8, 4) is 11.5 Å². The Bertz CT molecular complexity index is 1850. The minimum absolute atomic E-state index is 0.0143. The third kappa shape index (κ3) is 8.83. The molecule has 8 nitrogen and oxygen atoms in total. The summed E-state index contributed by atoms with van der Waals surface area (Å²) in [4.78, 5) is 30.0. The second-order valence-corrected chi connectivity index (χ2v) is 11.0. The first kappa shape index (κ1) is 34.7. The van der Waals surface area contributed by atoms with Crippen molar-refractivity contribution in [1.82, 2.24) is 15.6 Å². The number of rotatable bonds is 11. The molecular formula is C35H29F6N3O5. The van der Waals surface area contributed by atoms with E-state index in [4.69, 9.17) is 4.74 Å². The van der Waals surface area contributed by atoms with Crippen molar-refractivity contribution < 1.29 is 50.1 Å². The molecule has 0 radical (unpaired) electrons. The summed E-state index contributed by atoms with van der Waals surface area (Å²) in [5.74, 6) is -2.08. The molecule has 3 N–H and O–H groups in total. The minimum atomic E-state index is -5.07. The highest BCUT2D eigenvalue weighted by Gasteiger charge is 2.40. The number of esters is 1. The maximum Gasteiger partial charge on any atom is 0.573 e. The third-order valence-electron chi connectivity index (χ3n) is 7.65. The number of H-pyrrole nitrogens is 1. The van der Waals surface area contributed by atoms with E-state index in [-0.39, 0.29) is 24.0 Å². The third-order valence-corrected chi connectivity index (χ3v) is 7.65. The predicted octanol–water partition coefficient (Wildman–Crippen LogP) is 7.53. The number of ether oxygens (including phenoxy) is 3. The number of aromatic amines is 1. The van der Waals surface area contributed by atoms with Gasteiger partial charge in [-0.1, -0.05) is 72.8 Å². The molecule has 1 unspecified atom stereocenters. The van der Waals surface area contributed by atoms with E-state index in [2.05, 4.69) is 25.1 Å². The number of amides is 2. The Morgan fingerprint density at radius 3 is 1.90 bits per heavy atom. The zero-order valence-corrected chi connectivity index (χ0v) is 25.7. The van der Waals surface area contributed by atoms with Gasteiger partial charge in [0.2, 0.25) is 0 Å². The van der Waals surface area contributed by atoms with Crippen LogP contribution in [-0.2, 0) is 27.9 Å². The van der Waals surface area contributed by atoms with Crippen LogP contribution in [0.1, 0.15) is 22.3 Å². The number of aromatic nitrogens is 1. The van der Waals surface area contributed by atoms with Crippen LogP contribution in [0, 0.1) is 0 Å². The maximum atomic E-state index is 14.0. The second-order valence-electron chi connectivity index (χ2n) is 11.0. The number of hydrogen-bond donors (Lipinski definition) is 3. The van der Waals surface area contributed by atoms with E-state index in [0.29, 0.717) is 11.1 Å². The number of carbonyl (C=O) groups excluding carboxylic acids is 2. The quantitative estimate of drug-likeness (QED) is 0.0986. The van der Waals surface area contributed by atoms with Crippen molar-refractivity contribution in [2.45, 2.75) is 37.1 Å². The van der Waals surface area contributed by atoms with Crippen LogP contribution in [0.4, 0.5) is 31.1 Å². The van der Waals surface area contributed by atoms with Crippen molar-refractivity contribution in [2.75, 3.05) is 7.11 Å². The summed E-state index contributed by atoms with van der Waals surface area (Å²) < 4.78 is 93.0. The molecule has 1 atom stereocenters. The largest absolute Gasteiger partial charge is 0.573 e. The number of alkyl halides is 6. The molecule has 0 spiro atoms. The molecular weight excluding hydrogens is 656 g/mol. The second kappa shape index (κ2) is 14.2.